The number of rotatable bonds is 40. The molecular formula is C68H92I2N16O18S. The number of aromatic hydroxyl groups is 1. The summed E-state index contributed by atoms with van der Waals surface area (Å²) in [6.07, 6.45) is 2.73. The van der Waals surface area contributed by atoms with Gasteiger partial charge >= 0.3 is 18.0 Å². The number of hydrogen-bond acceptors (Lipinski definition) is 20. The Bertz CT molecular complexity index is 3830. The van der Waals surface area contributed by atoms with E-state index in [2.05, 4.69) is 73.1 Å². The molecule has 0 aliphatic carbocycles. The number of nitrogens with one attached hydrogen (secondary N) is 12. The summed E-state index contributed by atoms with van der Waals surface area (Å²) in [7, 11) is 0. The topological polar surface area (TPSA) is 533 Å². The molecule has 5 aromatic rings. The van der Waals surface area contributed by atoms with Crippen molar-refractivity contribution >= 4 is 145 Å². The highest BCUT2D eigenvalue weighted by Gasteiger charge is 2.37. The first-order chi connectivity index (χ1) is 49.6. The Morgan fingerprint density at radius 3 is 1.55 bits per heavy atom. The number of aromatic amines is 2. The summed E-state index contributed by atoms with van der Waals surface area (Å²) in [6.45, 7) is 6.69. The molecule has 0 bridgehead atoms. The lowest BCUT2D eigenvalue weighted by molar-refractivity contribution is -0.155. The molecule has 0 spiro atoms. The van der Waals surface area contributed by atoms with Crippen LogP contribution in [0.5, 0.6) is 5.75 Å². The number of imidazole rings is 1. The number of nitrogens with zero attached hydrogens (tertiary/aromatic N) is 2. The first-order valence-electron chi connectivity index (χ1n) is 33.2. The van der Waals surface area contributed by atoms with Gasteiger partial charge in [0.2, 0.25) is 53.2 Å². The van der Waals surface area contributed by atoms with Gasteiger partial charge in [0.1, 0.15) is 77.9 Å². The number of carbonyl (C=O) groups excluding carboxylic acids is 11. The summed E-state index contributed by atoms with van der Waals surface area (Å²) in [5, 5.41) is 66.8. The van der Waals surface area contributed by atoms with Gasteiger partial charge in [-0.25, -0.2) is 9.78 Å². The van der Waals surface area contributed by atoms with Crippen LogP contribution in [-0.4, -0.2) is 216 Å². The monoisotopic (exact) mass is 1710 g/mol. The summed E-state index contributed by atoms with van der Waals surface area (Å²) < 4.78 is 11.5. The minimum atomic E-state index is -1.84. The van der Waals surface area contributed by atoms with Gasteiger partial charge in [0.05, 0.1) is 26.7 Å². The summed E-state index contributed by atoms with van der Waals surface area (Å²) in [6, 6.07) is 4.18. The number of ether oxygens (including phenoxy) is 2. The van der Waals surface area contributed by atoms with Crippen LogP contribution in [0.1, 0.15) is 96.0 Å². The molecule has 0 unspecified atom stereocenters. The number of aliphatic hydroxyl groups is 2. The van der Waals surface area contributed by atoms with Gasteiger partial charge in [-0.05, 0) is 159 Å². The number of aliphatic carboxylic acids is 1. The zero-order valence-corrected chi connectivity index (χ0v) is 64.0. The molecule has 0 fully saturated rings. The third kappa shape index (κ3) is 30.0. The average Bonchev–Trinajstić information content (AvgIpc) is 1.69. The number of thioether (sulfide) groups is 1. The molecule has 0 saturated heterocycles. The zero-order chi connectivity index (χ0) is 77.7. The summed E-state index contributed by atoms with van der Waals surface area (Å²) in [5.74, 6) is -11.3. The van der Waals surface area contributed by atoms with Crippen LogP contribution in [0.3, 0.4) is 0 Å². The van der Waals surface area contributed by atoms with Crippen LogP contribution in [0, 0.1) is 7.14 Å². The number of H-pyrrole nitrogens is 2. The van der Waals surface area contributed by atoms with Crippen LogP contribution in [0.25, 0.3) is 10.9 Å². The standard InChI is InChI=1S/C68H92I2N16O18S/c1-67(2,3)103-54(91)20-19-45(79-59(96)46(21-23-105-7)80-63(100)51(33-87)85-61(98)48(27-37-24-41(69)55(92)42(70)25-37)82-64(101)52(34-88)86-66(102)104-68(4,5)6)58(95)84-50(29-39-31-73-35-77-39)62(99)81-47(26-36-14-9-8-10-15-36)60(97)78-44(18-13-22-74-65(71)72)57(94)83-49(56(93)76-32-53(89)90)28-38-30-75-43-17-12-11-16-40(38)43/h8-12,14-17,24-25,30-31,35,44-52,75,87-88,92H,13,18-23,26-29,32-34H2,1-7H3,(H,73,77)(H,76,93)(H,78,97)(H,79,96)(H,80,100)(H,81,99)(H,82,101)(H,83,94)(H,84,95)(H,85,98)(H,86,102)(H,89,90)(H4,71,72,74)/t44-,45-,46-,47-,48-,49-,50-,51-,52-/m0/s1. The number of esters is 1. The van der Waals surface area contributed by atoms with Crippen molar-refractivity contribution in [3.8, 4) is 5.75 Å². The van der Waals surface area contributed by atoms with Crippen molar-refractivity contribution in [1.29, 1.82) is 0 Å². The number of nitrogens with two attached hydrogens (primary N) is 2. The molecule has 2 heterocycles. The van der Waals surface area contributed by atoms with Crippen molar-refractivity contribution in [2.75, 3.05) is 38.3 Å². The molecular weight excluding hydrogens is 1610 g/mol. The van der Waals surface area contributed by atoms with Crippen LogP contribution in [0.2, 0.25) is 0 Å². The molecule has 572 valence electrons. The Kier molecular flexibility index (Phi) is 34.5. The van der Waals surface area contributed by atoms with E-state index in [4.69, 9.17) is 20.9 Å². The number of carboxylic acids is 1. The van der Waals surface area contributed by atoms with Crippen LogP contribution < -0.4 is 64.6 Å². The van der Waals surface area contributed by atoms with E-state index in [1.807, 2.05) is 45.2 Å². The fourth-order valence-corrected chi connectivity index (χ4v) is 12.7. The number of carbonyl (C=O) groups is 12. The number of para-hydroxylation sites is 1. The number of halogens is 2. The van der Waals surface area contributed by atoms with Crippen LogP contribution in [-0.2, 0) is 87.9 Å². The highest BCUT2D eigenvalue weighted by Crippen LogP contribution is 2.28. The molecule has 34 nitrogen and oxygen atoms in total. The van der Waals surface area contributed by atoms with Gasteiger partial charge in [-0.1, -0.05) is 48.5 Å². The SMILES string of the molecule is CSCC[C@H](NC(=O)[C@H](CO)NC(=O)[C@H](Cc1cc(I)c(O)c(I)c1)NC(=O)[C@H](CO)NC(=O)OC(C)(C)C)C(=O)N[C@@H](CCC(=O)OC(C)(C)C)C(=O)N[C@@H](Cc1cnc[nH]1)C(=O)N[C@@H](Cc1ccccc1)C(=O)N[C@@H](CCCN=C(N)N)C(=O)N[C@@H](Cc1c[nH]c2ccccc12)C(=O)NCC(=O)O. The van der Waals surface area contributed by atoms with E-state index in [1.54, 1.807) is 109 Å². The summed E-state index contributed by atoms with van der Waals surface area (Å²) >= 11 is 4.98. The highest BCUT2D eigenvalue weighted by molar-refractivity contribution is 14.1. The number of aliphatic hydroxyl groups excluding tert-OH is 2. The van der Waals surface area contributed by atoms with E-state index in [0.717, 1.165) is 0 Å². The zero-order valence-electron chi connectivity index (χ0n) is 58.9. The van der Waals surface area contributed by atoms with E-state index in [-0.39, 0.29) is 74.6 Å². The minimum Gasteiger partial charge on any atom is -0.506 e. The number of hydrogen-bond donors (Lipinski definition) is 18. The second kappa shape index (κ2) is 42.0. The number of carboxylic acid groups (broad SMARTS) is 1. The van der Waals surface area contributed by atoms with Crippen molar-refractivity contribution in [3.63, 3.8) is 0 Å². The van der Waals surface area contributed by atoms with Crippen molar-refractivity contribution < 1.29 is 87.4 Å². The van der Waals surface area contributed by atoms with E-state index in [1.165, 1.54) is 36.4 Å². The third-order valence-electron chi connectivity index (χ3n) is 15.3. The largest absolute Gasteiger partial charge is 0.506 e. The van der Waals surface area contributed by atoms with E-state index in [9.17, 15) is 73.2 Å². The number of amides is 10. The maximum Gasteiger partial charge on any atom is 0.408 e. The summed E-state index contributed by atoms with van der Waals surface area (Å²) in [5.41, 5.74) is 11.7. The third-order valence-corrected chi connectivity index (χ3v) is 17.6. The molecule has 10 amide bonds. The maximum atomic E-state index is 15.0. The van der Waals surface area contributed by atoms with Gasteiger partial charge in [0.25, 0.3) is 0 Å². The van der Waals surface area contributed by atoms with Crippen molar-refractivity contribution in [2.45, 2.75) is 165 Å². The van der Waals surface area contributed by atoms with Crippen LogP contribution in [0.15, 0.2) is 90.4 Å². The Labute approximate surface area is 636 Å². The molecule has 37 heteroatoms. The molecule has 0 saturated carbocycles. The fourth-order valence-electron chi connectivity index (χ4n) is 10.3. The lowest BCUT2D eigenvalue weighted by Crippen LogP contribution is -2.61. The quantitative estimate of drug-likeness (QED) is 0.00804. The Morgan fingerprint density at radius 1 is 0.571 bits per heavy atom. The van der Waals surface area contributed by atoms with Gasteiger partial charge in [0, 0.05) is 67.6 Å². The number of phenolic OH excluding ortho intramolecular Hbond substituents is 1. The molecule has 105 heavy (non-hydrogen) atoms. The smallest absolute Gasteiger partial charge is 0.408 e. The van der Waals surface area contributed by atoms with Gasteiger partial charge < -0.3 is 105 Å². The van der Waals surface area contributed by atoms with Crippen molar-refractivity contribution in [3.05, 3.63) is 115 Å². The number of phenols is 1. The maximum absolute atomic E-state index is 15.0. The van der Waals surface area contributed by atoms with Gasteiger partial charge in [-0.15, -0.1) is 0 Å². The molecule has 2 aromatic heterocycles. The normalized spacial score (nSPS) is 13.9. The van der Waals surface area contributed by atoms with Gasteiger partial charge in [-0.3, -0.25) is 57.7 Å². The molecule has 9 atom stereocenters. The minimum absolute atomic E-state index is 0.0163. The van der Waals surface area contributed by atoms with Crippen molar-refractivity contribution in [2.24, 2.45) is 16.5 Å². The number of alkyl carbamates (subject to hydrolysis) is 1. The number of aliphatic imine (C=N–C) groups is 1. The van der Waals surface area contributed by atoms with Crippen molar-refractivity contribution in [1.82, 2.24) is 68.1 Å². The predicted molar refractivity (Wildman–Crippen MR) is 403 cm³/mol. The molecule has 3 aromatic carbocycles. The first kappa shape index (κ1) is 86.3. The van der Waals surface area contributed by atoms with Crippen LogP contribution >= 0.6 is 56.9 Å². The average molecular weight is 1710 g/mol. The second-order valence-electron chi connectivity index (χ2n) is 26.2. The van der Waals surface area contributed by atoms with Crippen LogP contribution in [0.4, 0.5) is 4.79 Å². The number of aromatic nitrogens is 3. The van der Waals surface area contributed by atoms with Gasteiger partial charge in [-0.2, -0.15) is 11.8 Å². The van der Waals surface area contributed by atoms with E-state index >= 15 is 4.79 Å². The fraction of sp³-hybridized carbons (Fsp3) is 0.471. The Morgan fingerprint density at radius 2 is 1.04 bits per heavy atom. The number of fused-ring (bicyclic) bond motifs is 1. The molecule has 0 aliphatic heterocycles. The molecule has 0 aliphatic rings. The first-order valence-corrected chi connectivity index (χ1v) is 36.7. The second-order valence-corrected chi connectivity index (χ2v) is 29.5. The summed E-state index contributed by atoms with van der Waals surface area (Å²) in [4.78, 5) is 182. The Hall–Kier alpha value is -9.35. The van der Waals surface area contributed by atoms with Gasteiger partial charge in [0.15, 0.2) is 5.96 Å². The lowest BCUT2D eigenvalue weighted by atomic mass is 10.0. The molecule has 20 N–H and O–H groups in total. The lowest BCUT2D eigenvalue weighted by Gasteiger charge is -2.28. The predicted octanol–water partition coefficient (Wildman–Crippen LogP) is -0.0379. The van der Waals surface area contributed by atoms with E-state index in [0.29, 0.717) is 34.7 Å². The Balaban J connectivity index is 1.46. The highest BCUT2D eigenvalue weighted by atomic mass is 127. The molecule has 5 rings (SSSR count). The number of guanidine groups is 1. The number of benzene rings is 3. The molecule has 0 radical (unpaired) electrons. The van der Waals surface area contributed by atoms with E-state index < -0.39 is 169 Å².